The Kier molecular flexibility index (Phi) is 17.9. The van der Waals surface area contributed by atoms with Gasteiger partial charge in [-0.3, -0.25) is 24.2 Å². The Hall–Kier alpha value is -8.70. The third kappa shape index (κ3) is 14.4. The highest BCUT2D eigenvalue weighted by Crippen LogP contribution is 2.30. The summed E-state index contributed by atoms with van der Waals surface area (Å²) in [6.07, 6.45) is 1.84. The molecule has 8 aromatic rings. The van der Waals surface area contributed by atoms with Gasteiger partial charge < -0.3 is 45.8 Å². The fraction of sp³-hybridized carbons (Fsp3) is 0.255. The number of pyridine rings is 1. The molecule has 1 unspecified atom stereocenters. The predicted molar refractivity (Wildman–Crippen MR) is 286 cm³/mol. The first-order valence-electron chi connectivity index (χ1n) is 24.6. The fourth-order valence-corrected chi connectivity index (χ4v) is 9.16. The maximum absolute atomic E-state index is 14.1. The largest absolute Gasteiger partial charge is 0.748 e. The number of anilines is 2. The minimum absolute atomic E-state index is 0.0511. The number of ether oxygens (including phenoxy) is 3. The molecule has 0 aliphatic carbocycles. The highest BCUT2D eigenvalue weighted by Gasteiger charge is 2.27. The van der Waals surface area contributed by atoms with Gasteiger partial charge in [0.05, 0.1) is 71.3 Å². The van der Waals surface area contributed by atoms with Crippen molar-refractivity contribution in [2.45, 2.75) is 45.8 Å². The van der Waals surface area contributed by atoms with Gasteiger partial charge in [0, 0.05) is 60.6 Å². The Morgan fingerprint density at radius 1 is 0.766 bits per heavy atom. The first-order valence-corrected chi connectivity index (χ1v) is 26.2. The molecule has 1 atom stereocenters. The number of nitrogen functional groups attached to an aromatic ring is 1. The molecule has 3 aromatic heterocycles. The Morgan fingerprint density at radius 3 is 2.04 bits per heavy atom. The number of nitrogens with zero attached hydrogens (tertiary/aromatic N) is 4. The zero-order valence-electron chi connectivity index (χ0n) is 42.2. The van der Waals surface area contributed by atoms with E-state index in [1.165, 1.54) is 6.20 Å². The number of carbonyl (C=O) groups is 4. The minimum Gasteiger partial charge on any atom is -0.748 e. The van der Waals surface area contributed by atoms with Gasteiger partial charge in [0.1, 0.15) is 11.8 Å². The average Bonchev–Trinajstić information content (AvgIpc) is 3.42. The van der Waals surface area contributed by atoms with Crippen LogP contribution in [0.25, 0.3) is 33.0 Å². The monoisotopic (exact) mass is 1060 g/mol. The number of esters is 1. The quantitative estimate of drug-likeness (QED) is 0.0123. The SMILES string of the molecule is Cc1cc(C(=O)NCCOCCOCCNC(=O)C(Cc2ccccc2)NC(=O)c2ccc(NCc3cnc4nc(N)[nH]c(=O)c4n3)cc2)cc(C)c1OC(=O)c1c2ccccc2[n+](CCCS(=O)(=O)[O-])c2ccccc12. The van der Waals surface area contributed by atoms with Crippen LogP contribution in [0.3, 0.4) is 0 Å². The van der Waals surface area contributed by atoms with Gasteiger partial charge in [-0.25, -0.2) is 23.2 Å². The summed E-state index contributed by atoms with van der Waals surface area (Å²) in [7, 11) is -4.41. The van der Waals surface area contributed by atoms with Crippen LogP contribution in [0.5, 0.6) is 5.75 Å². The number of H-pyrrole nitrogens is 1. The molecule has 0 saturated heterocycles. The van der Waals surface area contributed by atoms with Crippen molar-refractivity contribution in [2.75, 3.05) is 56.3 Å². The summed E-state index contributed by atoms with van der Waals surface area (Å²) in [5, 5.41) is 12.9. The third-order valence-corrected chi connectivity index (χ3v) is 13.1. The molecule has 3 amide bonds. The molecule has 0 radical (unpaired) electrons. The van der Waals surface area contributed by atoms with E-state index < -0.39 is 39.3 Å². The van der Waals surface area contributed by atoms with Crippen LogP contribution in [0.4, 0.5) is 11.6 Å². The van der Waals surface area contributed by atoms with E-state index in [0.717, 1.165) is 5.56 Å². The van der Waals surface area contributed by atoms with E-state index in [9.17, 15) is 36.9 Å². The van der Waals surface area contributed by atoms with E-state index in [1.807, 2.05) is 59.2 Å². The summed E-state index contributed by atoms with van der Waals surface area (Å²) in [6, 6.07) is 32.9. The lowest BCUT2D eigenvalue weighted by atomic mass is 10.0. The number of aromatic nitrogens is 5. The van der Waals surface area contributed by atoms with Gasteiger partial charge >= 0.3 is 5.97 Å². The van der Waals surface area contributed by atoms with Gasteiger partial charge in [-0.2, -0.15) is 9.55 Å². The van der Waals surface area contributed by atoms with Crippen LogP contribution in [-0.2, 0) is 43.9 Å². The first-order chi connectivity index (χ1) is 37.1. The van der Waals surface area contributed by atoms with Crippen LogP contribution in [0.1, 0.15) is 59.9 Å². The van der Waals surface area contributed by atoms with Crippen molar-refractivity contribution in [1.29, 1.82) is 0 Å². The molecule has 22 heteroatoms. The number of hydrogen-bond donors (Lipinski definition) is 6. The predicted octanol–water partition coefficient (Wildman–Crippen LogP) is 4.19. The number of hydrogen-bond acceptors (Lipinski definition) is 16. The standard InChI is InChI=1S/C55H56N10O11S/c1-34-29-38(30-35(2)48(34)76-54(70)46-41-13-6-8-15-44(41)65(23-10-28-77(71,72)73)45-16-9-7-14-42(45)46)50(66)57-21-24-74-26-27-75-25-22-58-52(68)43(31-36-11-4-3-5-12-36)62-51(67)37-17-19-39(20-18-37)59-32-40-33-60-49-47(61-40)53(69)64-55(56)63-49/h3-9,11-20,29-30,33,43H,10,21-28,31-32H2,1-2H3,(H7-,56,57,58,59,60,62,63,64,66,67,68,69,71,72,73). The molecule has 21 nitrogen and oxygen atoms in total. The number of aromatic amines is 1. The second kappa shape index (κ2) is 25.2. The van der Waals surface area contributed by atoms with E-state index in [0.29, 0.717) is 66.8 Å². The average molecular weight is 1070 g/mol. The number of rotatable bonds is 24. The minimum atomic E-state index is -4.41. The van der Waals surface area contributed by atoms with Gasteiger partial charge in [-0.05, 0) is 79.1 Å². The lowest BCUT2D eigenvalue weighted by Gasteiger charge is -2.19. The smallest absolute Gasteiger partial charge is 0.345 e. The number of aryl methyl sites for hydroxylation is 3. The van der Waals surface area contributed by atoms with Crippen molar-refractivity contribution in [3.8, 4) is 5.75 Å². The zero-order chi connectivity index (χ0) is 54.5. The summed E-state index contributed by atoms with van der Waals surface area (Å²) in [5.41, 5.74) is 10.8. The number of nitrogens with two attached hydrogens (primary N) is 1. The van der Waals surface area contributed by atoms with Gasteiger partial charge in [-0.1, -0.05) is 54.6 Å². The van der Waals surface area contributed by atoms with Gasteiger partial charge in [0.2, 0.25) is 22.9 Å². The van der Waals surface area contributed by atoms with Crippen molar-refractivity contribution >= 4 is 78.4 Å². The molecule has 0 bridgehead atoms. The number of carbonyl (C=O) groups excluding carboxylic acids is 4. The van der Waals surface area contributed by atoms with E-state index >= 15 is 0 Å². The summed E-state index contributed by atoms with van der Waals surface area (Å²) in [6.45, 7) is 5.20. The highest BCUT2D eigenvalue weighted by atomic mass is 32.2. The van der Waals surface area contributed by atoms with Crippen LogP contribution in [0.15, 0.2) is 126 Å². The maximum atomic E-state index is 14.1. The maximum Gasteiger partial charge on any atom is 0.345 e. The number of amides is 3. The number of nitrogens with one attached hydrogen (secondary N) is 5. The second-order valence-corrected chi connectivity index (χ2v) is 19.4. The van der Waals surface area contributed by atoms with Crippen molar-refractivity contribution in [1.82, 2.24) is 35.9 Å². The van der Waals surface area contributed by atoms with E-state index in [2.05, 4.69) is 41.2 Å². The van der Waals surface area contributed by atoms with E-state index in [4.69, 9.17) is 19.9 Å². The molecule has 3 heterocycles. The molecule has 0 fully saturated rings. The van der Waals surface area contributed by atoms with Crippen molar-refractivity contribution in [2.24, 2.45) is 0 Å². The lowest BCUT2D eigenvalue weighted by molar-refractivity contribution is -0.645. The van der Waals surface area contributed by atoms with Crippen molar-refractivity contribution in [3.63, 3.8) is 0 Å². The molecule has 8 rings (SSSR count). The van der Waals surface area contributed by atoms with Crippen LogP contribution in [0, 0.1) is 13.8 Å². The molecule has 0 saturated carbocycles. The molecular weight excluding hydrogens is 1010 g/mol. The zero-order valence-corrected chi connectivity index (χ0v) is 43.0. The Labute approximate surface area is 442 Å². The third-order valence-electron chi connectivity index (χ3n) is 12.3. The van der Waals surface area contributed by atoms with Gasteiger partial charge in [-0.15, -0.1) is 0 Å². The van der Waals surface area contributed by atoms with Crippen LogP contribution < -0.4 is 41.9 Å². The summed E-state index contributed by atoms with van der Waals surface area (Å²) >= 11 is 0. The fourth-order valence-electron chi connectivity index (χ4n) is 8.68. The van der Waals surface area contributed by atoms with Gasteiger partial charge in [0.15, 0.2) is 17.7 Å². The van der Waals surface area contributed by atoms with E-state index in [1.54, 1.807) is 74.5 Å². The van der Waals surface area contributed by atoms with Crippen LogP contribution in [0.2, 0.25) is 0 Å². The lowest BCUT2D eigenvalue weighted by Crippen LogP contribution is -2.48. The molecule has 0 aliphatic rings. The summed E-state index contributed by atoms with van der Waals surface area (Å²) in [5.74, 6) is -2.04. The number of benzene rings is 5. The van der Waals surface area contributed by atoms with Crippen LogP contribution in [-0.4, -0.2) is 108 Å². The Balaban J connectivity index is 0.760. The van der Waals surface area contributed by atoms with Crippen molar-refractivity contribution < 1.29 is 50.9 Å². The Morgan fingerprint density at radius 2 is 1.39 bits per heavy atom. The normalized spacial score (nSPS) is 11.8. The molecule has 5 aromatic carbocycles. The molecule has 0 aliphatic heterocycles. The first kappa shape index (κ1) is 54.6. The molecule has 0 spiro atoms. The topological polar surface area (TPSA) is 303 Å². The van der Waals surface area contributed by atoms with Crippen molar-refractivity contribution in [3.05, 3.63) is 171 Å². The second-order valence-electron chi connectivity index (χ2n) is 17.9. The number of fused-ring (bicyclic) bond motifs is 3. The van der Waals surface area contributed by atoms with E-state index in [-0.39, 0.29) is 94.4 Å². The summed E-state index contributed by atoms with van der Waals surface area (Å²) in [4.78, 5) is 81.2. The molecule has 398 valence electrons. The molecule has 7 N–H and O–H groups in total. The van der Waals surface area contributed by atoms with Crippen LogP contribution >= 0.6 is 0 Å². The molecule has 77 heavy (non-hydrogen) atoms. The number of para-hydroxylation sites is 2. The Bertz CT molecular complexity index is 3560. The highest BCUT2D eigenvalue weighted by molar-refractivity contribution is 7.85. The molecular formula is C55H56N10O11S. The summed E-state index contributed by atoms with van der Waals surface area (Å²) < 4.78 is 53.4. The van der Waals surface area contributed by atoms with Gasteiger partial charge in [0.25, 0.3) is 17.4 Å².